The van der Waals surface area contributed by atoms with Crippen molar-refractivity contribution in [1.29, 1.82) is 0 Å². The van der Waals surface area contributed by atoms with Crippen molar-refractivity contribution in [1.82, 2.24) is 9.29 Å². The quantitative estimate of drug-likeness (QED) is 0.886. The number of thiazole rings is 1. The van der Waals surface area contributed by atoms with E-state index < -0.39 is 10.2 Å². The molecular formula is C11H20N4O2S2. The third-order valence-corrected chi connectivity index (χ3v) is 5.51. The molecule has 19 heavy (non-hydrogen) atoms. The van der Waals surface area contributed by atoms with E-state index in [9.17, 15) is 8.42 Å². The molecule has 1 unspecified atom stereocenters. The minimum Gasteiger partial charge on any atom is -0.323 e. The van der Waals surface area contributed by atoms with Crippen molar-refractivity contribution in [3.05, 3.63) is 11.1 Å². The molecule has 1 aliphatic heterocycles. The molecule has 108 valence electrons. The number of rotatable bonds is 4. The van der Waals surface area contributed by atoms with E-state index in [0.29, 0.717) is 23.9 Å². The van der Waals surface area contributed by atoms with Crippen molar-refractivity contribution in [3.63, 3.8) is 0 Å². The Morgan fingerprint density at radius 1 is 1.37 bits per heavy atom. The summed E-state index contributed by atoms with van der Waals surface area (Å²) in [5.74, 6) is 0. The van der Waals surface area contributed by atoms with Gasteiger partial charge in [0, 0.05) is 24.5 Å². The van der Waals surface area contributed by atoms with E-state index in [1.165, 1.54) is 15.6 Å². The molecule has 1 aromatic heterocycles. The van der Waals surface area contributed by atoms with Gasteiger partial charge in [-0.3, -0.25) is 0 Å². The van der Waals surface area contributed by atoms with Gasteiger partial charge in [0.15, 0.2) is 5.13 Å². The fraction of sp³-hybridized carbons (Fsp3) is 0.727. The number of aromatic nitrogens is 1. The Bertz CT molecular complexity index is 505. The smallest absolute Gasteiger partial charge is 0.303 e. The van der Waals surface area contributed by atoms with Crippen LogP contribution in [0.15, 0.2) is 5.38 Å². The topological polar surface area (TPSA) is 88.3 Å². The third kappa shape index (κ3) is 3.88. The van der Waals surface area contributed by atoms with Crippen LogP contribution in [0.2, 0.25) is 0 Å². The first kappa shape index (κ1) is 14.7. The van der Waals surface area contributed by atoms with Gasteiger partial charge in [-0.1, -0.05) is 12.8 Å². The number of nitrogens with two attached hydrogens (primary N) is 1. The average Bonchev–Trinajstić information content (AvgIpc) is 2.63. The van der Waals surface area contributed by atoms with Crippen LogP contribution in [-0.4, -0.2) is 30.8 Å². The molecule has 0 radical (unpaired) electrons. The van der Waals surface area contributed by atoms with Crippen LogP contribution in [0.1, 0.15) is 44.3 Å². The Kier molecular flexibility index (Phi) is 4.77. The van der Waals surface area contributed by atoms with Crippen molar-refractivity contribution < 1.29 is 8.42 Å². The van der Waals surface area contributed by atoms with Crippen LogP contribution in [0.4, 0.5) is 5.13 Å². The minimum atomic E-state index is -3.48. The highest BCUT2D eigenvalue weighted by molar-refractivity contribution is 7.90. The van der Waals surface area contributed by atoms with E-state index in [4.69, 9.17) is 5.73 Å². The number of anilines is 1. The molecule has 1 aromatic rings. The van der Waals surface area contributed by atoms with Gasteiger partial charge < -0.3 is 5.73 Å². The van der Waals surface area contributed by atoms with Crippen molar-refractivity contribution >= 4 is 26.7 Å². The Hall–Kier alpha value is -0.700. The van der Waals surface area contributed by atoms with Gasteiger partial charge in [-0.25, -0.2) is 9.71 Å². The lowest BCUT2D eigenvalue weighted by Crippen LogP contribution is -2.36. The van der Waals surface area contributed by atoms with Crippen LogP contribution < -0.4 is 10.5 Å². The second-order valence-electron chi connectivity index (χ2n) is 4.79. The van der Waals surface area contributed by atoms with Gasteiger partial charge in [-0.05, 0) is 19.8 Å². The molecule has 3 N–H and O–H groups in total. The van der Waals surface area contributed by atoms with Crippen LogP contribution in [0.25, 0.3) is 0 Å². The molecule has 0 bridgehead atoms. The normalized spacial score (nSPS) is 19.9. The molecule has 2 rings (SSSR count). The van der Waals surface area contributed by atoms with Gasteiger partial charge in [0.2, 0.25) is 0 Å². The summed E-state index contributed by atoms with van der Waals surface area (Å²) in [5.41, 5.74) is 6.42. The lowest BCUT2D eigenvalue weighted by Gasteiger charge is -2.19. The fourth-order valence-corrected chi connectivity index (χ4v) is 4.30. The van der Waals surface area contributed by atoms with Crippen LogP contribution >= 0.6 is 11.3 Å². The Morgan fingerprint density at radius 3 is 2.53 bits per heavy atom. The van der Waals surface area contributed by atoms with E-state index in [1.807, 2.05) is 6.92 Å². The van der Waals surface area contributed by atoms with E-state index in [1.54, 1.807) is 5.38 Å². The highest BCUT2D eigenvalue weighted by Crippen LogP contribution is 2.22. The maximum atomic E-state index is 12.2. The zero-order valence-corrected chi connectivity index (χ0v) is 12.6. The highest BCUT2D eigenvalue weighted by atomic mass is 32.2. The van der Waals surface area contributed by atoms with Crippen molar-refractivity contribution in [2.24, 2.45) is 5.73 Å². The Morgan fingerprint density at radius 2 is 2.00 bits per heavy atom. The molecule has 2 heterocycles. The van der Waals surface area contributed by atoms with Gasteiger partial charge in [0.1, 0.15) is 0 Å². The number of hydrogen-bond acceptors (Lipinski definition) is 5. The average molecular weight is 304 g/mol. The Balaban J connectivity index is 2.06. The maximum Gasteiger partial charge on any atom is 0.303 e. The first-order valence-corrected chi connectivity index (χ1v) is 8.80. The predicted molar refractivity (Wildman–Crippen MR) is 77.3 cm³/mol. The molecule has 8 heteroatoms. The Labute approximate surface area is 118 Å². The predicted octanol–water partition coefficient (Wildman–Crippen LogP) is 1.70. The lowest BCUT2D eigenvalue weighted by atomic mass is 10.2. The monoisotopic (exact) mass is 304 g/mol. The van der Waals surface area contributed by atoms with Crippen LogP contribution in [0.5, 0.6) is 0 Å². The zero-order chi connectivity index (χ0) is 13.9. The molecule has 1 aliphatic rings. The number of nitrogens with zero attached hydrogens (tertiary/aromatic N) is 2. The van der Waals surface area contributed by atoms with Crippen molar-refractivity contribution in [3.8, 4) is 0 Å². The summed E-state index contributed by atoms with van der Waals surface area (Å²) in [7, 11) is -3.48. The number of hydrogen-bond donors (Lipinski definition) is 2. The molecule has 0 aliphatic carbocycles. The third-order valence-electron chi connectivity index (χ3n) is 3.11. The SMILES string of the molecule is CC(N)c1csc(NS(=O)(=O)N2CCCCCC2)n1. The summed E-state index contributed by atoms with van der Waals surface area (Å²) in [6.07, 6.45) is 4.03. The fourth-order valence-electron chi connectivity index (χ4n) is 2.00. The standard InChI is InChI=1S/C11H20N4O2S2/c1-9(12)10-8-18-11(13-10)14-19(16,17)15-6-4-2-3-5-7-15/h8-9H,2-7,12H2,1H3,(H,13,14). The second kappa shape index (κ2) is 6.17. The van der Waals surface area contributed by atoms with Gasteiger partial charge in [0.05, 0.1) is 5.69 Å². The van der Waals surface area contributed by atoms with E-state index in [0.717, 1.165) is 25.7 Å². The summed E-state index contributed by atoms with van der Waals surface area (Å²) < 4.78 is 28.5. The first-order chi connectivity index (χ1) is 8.99. The zero-order valence-electron chi connectivity index (χ0n) is 11.0. The molecule has 1 fully saturated rings. The molecule has 6 nitrogen and oxygen atoms in total. The maximum absolute atomic E-state index is 12.2. The second-order valence-corrected chi connectivity index (χ2v) is 7.32. The van der Waals surface area contributed by atoms with Gasteiger partial charge in [-0.15, -0.1) is 11.3 Å². The summed E-state index contributed by atoms with van der Waals surface area (Å²) >= 11 is 1.27. The summed E-state index contributed by atoms with van der Waals surface area (Å²) in [4.78, 5) is 4.19. The first-order valence-electron chi connectivity index (χ1n) is 6.48. The minimum absolute atomic E-state index is 0.187. The van der Waals surface area contributed by atoms with Crippen molar-refractivity contribution in [2.45, 2.75) is 38.6 Å². The summed E-state index contributed by atoms with van der Waals surface area (Å²) in [6.45, 7) is 2.99. The van der Waals surface area contributed by atoms with Crippen LogP contribution in [-0.2, 0) is 10.2 Å². The van der Waals surface area contributed by atoms with Gasteiger partial charge in [0.25, 0.3) is 0 Å². The van der Waals surface area contributed by atoms with Crippen LogP contribution in [0.3, 0.4) is 0 Å². The highest BCUT2D eigenvalue weighted by Gasteiger charge is 2.24. The molecule has 0 saturated carbocycles. The van der Waals surface area contributed by atoms with E-state index in [2.05, 4.69) is 9.71 Å². The lowest BCUT2D eigenvalue weighted by molar-refractivity contribution is 0.427. The van der Waals surface area contributed by atoms with Crippen LogP contribution in [0, 0.1) is 0 Å². The van der Waals surface area contributed by atoms with Gasteiger partial charge in [-0.2, -0.15) is 12.7 Å². The molecule has 0 amide bonds. The van der Waals surface area contributed by atoms with E-state index >= 15 is 0 Å². The molecule has 1 atom stereocenters. The molecule has 1 saturated heterocycles. The molecule has 0 spiro atoms. The summed E-state index contributed by atoms with van der Waals surface area (Å²) in [5, 5.41) is 2.17. The molecular weight excluding hydrogens is 284 g/mol. The molecule has 0 aromatic carbocycles. The number of nitrogens with one attached hydrogen (secondary N) is 1. The van der Waals surface area contributed by atoms with E-state index in [-0.39, 0.29) is 6.04 Å². The summed E-state index contributed by atoms with van der Waals surface area (Å²) in [6, 6.07) is -0.187. The van der Waals surface area contributed by atoms with Crippen molar-refractivity contribution in [2.75, 3.05) is 17.8 Å². The van der Waals surface area contributed by atoms with Gasteiger partial charge >= 0.3 is 10.2 Å². The largest absolute Gasteiger partial charge is 0.323 e.